The number of aromatic nitrogens is 1. The number of rotatable bonds is 2. The van der Waals surface area contributed by atoms with Gasteiger partial charge >= 0.3 is 0 Å². The number of hydrogen-bond acceptors (Lipinski definition) is 3. The highest BCUT2D eigenvalue weighted by Gasteiger charge is 2.23. The quantitative estimate of drug-likeness (QED) is 0.891. The molecule has 1 atom stereocenters. The smallest absolute Gasteiger partial charge is 0.122 e. The summed E-state index contributed by atoms with van der Waals surface area (Å²) in [6, 6.07) is 10.9. The van der Waals surface area contributed by atoms with Crippen LogP contribution in [0.1, 0.15) is 29.3 Å². The van der Waals surface area contributed by atoms with Crippen LogP contribution < -0.4 is 10.1 Å². The summed E-state index contributed by atoms with van der Waals surface area (Å²) < 4.78 is 5.54. The van der Waals surface area contributed by atoms with Crippen LogP contribution in [0.5, 0.6) is 5.75 Å². The zero-order chi connectivity index (χ0) is 12.7. The first-order valence-corrected chi connectivity index (χ1v) is 6.86. The van der Waals surface area contributed by atoms with E-state index in [2.05, 4.69) is 34.6 Å². The number of hydrogen-bond donors (Lipinski definition) is 1. The van der Waals surface area contributed by atoms with Gasteiger partial charge in [0, 0.05) is 18.3 Å². The Bertz CT molecular complexity index is 624. The fourth-order valence-corrected chi connectivity index (χ4v) is 3.03. The van der Waals surface area contributed by atoms with Gasteiger partial charge in [0.05, 0.1) is 18.3 Å². The minimum Gasteiger partial charge on any atom is -0.493 e. The molecule has 2 aromatic rings. The van der Waals surface area contributed by atoms with Crippen molar-refractivity contribution in [1.82, 2.24) is 4.98 Å². The second kappa shape index (κ2) is 4.26. The predicted molar refractivity (Wildman–Crippen MR) is 74.6 cm³/mol. The SMILES string of the molecule is c1cnc2c(c1)CCC2Nc1ccc2c(c1)CCO2. The van der Waals surface area contributed by atoms with Crippen LogP contribution in [0.25, 0.3) is 0 Å². The molecule has 0 bridgehead atoms. The van der Waals surface area contributed by atoms with Crippen LogP contribution in [0.15, 0.2) is 36.5 Å². The van der Waals surface area contributed by atoms with Crippen LogP contribution in [-0.2, 0) is 12.8 Å². The Morgan fingerprint density at radius 3 is 3.16 bits per heavy atom. The highest BCUT2D eigenvalue weighted by molar-refractivity contribution is 5.54. The van der Waals surface area contributed by atoms with E-state index < -0.39 is 0 Å². The molecule has 2 aliphatic rings. The lowest BCUT2D eigenvalue weighted by Crippen LogP contribution is -2.08. The number of pyridine rings is 1. The summed E-state index contributed by atoms with van der Waals surface area (Å²) in [7, 11) is 0. The molecular weight excluding hydrogens is 236 g/mol. The van der Waals surface area contributed by atoms with Crippen LogP contribution in [-0.4, -0.2) is 11.6 Å². The topological polar surface area (TPSA) is 34.2 Å². The van der Waals surface area contributed by atoms with Crippen LogP contribution in [0, 0.1) is 0 Å². The van der Waals surface area contributed by atoms with Crippen LogP contribution >= 0.6 is 0 Å². The first-order chi connectivity index (χ1) is 9.40. The molecule has 96 valence electrons. The molecule has 0 saturated carbocycles. The van der Waals surface area contributed by atoms with Crippen molar-refractivity contribution in [2.45, 2.75) is 25.3 Å². The third-order valence-corrected chi connectivity index (χ3v) is 3.99. The maximum atomic E-state index is 5.54. The molecule has 0 saturated heterocycles. The van der Waals surface area contributed by atoms with E-state index in [4.69, 9.17) is 4.74 Å². The predicted octanol–water partition coefficient (Wildman–Crippen LogP) is 3.12. The van der Waals surface area contributed by atoms with E-state index in [0.717, 1.165) is 31.6 Å². The molecular formula is C16H16N2O. The molecule has 1 unspecified atom stereocenters. The van der Waals surface area contributed by atoms with E-state index in [1.807, 2.05) is 12.3 Å². The van der Waals surface area contributed by atoms with E-state index >= 15 is 0 Å². The molecule has 0 fully saturated rings. The van der Waals surface area contributed by atoms with Gasteiger partial charge in [0.1, 0.15) is 5.75 Å². The van der Waals surface area contributed by atoms with E-state index in [1.165, 1.54) is 22.5 Å². The summed E-state index contributed by atoms with van der Waals surface area (Å²) in [4.78, 5) is 4.52. The summed E-state index contributed by atoms with van der Waals surface area (Å²) in [6.07, 6.45) is 5.15. The standard InChI is InChI=1S/C16H16N2O/c1-2-11-3-5-14(16(11)17-8-1)18-13-4-6-15-12(10-13)7-9-19-15/h1-2,4,6,8,10,14,18H,3,5,7,9H2. The van der Waals surface area contributed by atoms with Crippen molar-refractivity contribution in [3.8, 4) is 5.75 Å². The maximum Gasteiger partial charge on any atom is 0.122 e. The molecule has 1 N–H and O–H groups in total. The normalized spacial score (nSPS) is 19.7. The van der Waals surface area contributed by atoms with Crippen molar-refractivity contribution in [3.05, 3.63) is 53.3 Å². The summed E-state index contributed by atoms with van der Waals surface area (Å²) in [5, 5.41) is 3.61. The van der Waals surface area contributed by atoms with Gasteiger partial charge in [0.15, 0.2) is 0 Å². The molecule has 0 amide bonds. The van der Waals surface area contributed by atoms with Crippen molar-refractivity contribution in [2.24, 2.45) is 0 Å². The molecule has 2 heterocycles. The Labute approximate surface area is 112 Å². The van der Waals surface area contributed by atoms with Gasteiger partial charge in [-0.1, -0.05) is 6.07 Å². The Morgan fingerprint density at radius 1 is 1.16 bits per heavy atom. The molecule has 1 aromatic carbocycles. The maximum absolute atomic E-state index is 5.54. The summed E-state index contributed by atoms with van der Waals surface area (Å²) in [5.74, 6) is 1.04. The third-order valence-electron chi connectivity index (χ3n) is 3.99. The van der Waals surface area contributed by atoms with Crippen molar-refractivity contribution in [2.75, 3.05) is 11.9 Å². The largest absolute Gasteiger partial charge is 0.493 e. The van der Waals surface area contributed by atoms with E-state index in [1.54, 1.807) is 0 Å². The number of ether oxygens (including phenoxy) is 1. The number of anilines is 1. The van der Waals surface area contributed by atoms with Gasteiger partial charge in [-0.25, -0.2) is 0 Å². The van der Waals surface area contributed by atoms with E-state index in [9.17, 15) is 0 Å². The Morgan fingerprint density at radius 2 is 2.16 bits per heavy atom. The fraction of sp³-hybridized carbons (Fsp3) is 0.312. The molecule has 1 aliphatic carbocycles. The average molecular weight is 252 g/mol. The van der Waals surface area contributed by atoms with Gasteiger partial charge < -0.3 is 10.1 Å². The zero-order valence-electron chi connectivity index (χ0n) is 10.7. The van der Waals surface area contributed by atoms with Gasteiger partial charge in [-0.3, -0.25) is 4.98 Å². The van der Waals surface area contributed by atoms with Crippen LogP contribution in [0.4, 0.5) is 5.69 Å². The van der Waals surface area contributed by atoms with E-state index in [0.29, 0.717) is 6.04 Å². The Balaban J connectivity index is 1.60. The summed E-state index contributed by atoms with van der Waals surface area (Å²) >= 11 is 0. The number of nitrogens with one attached hydrogen (secondary N) is 1. The highest BCUT2D eigenvalue weighted by Crippen LogP contribution is 2.34. The molecule has 3 heteroatoms. The van der Waals surface area contributed by atoms with Gasteiger partial charge in [-0.05, 0) is 48.2 Å². The van der Waals surface area contributed by atoms with Crippen molar-refractivity contribution >= 4 is 5.69 Å². The number of benzene rings is 1. The third kappa shape index (κ3) is 1.86. The number of fused-ring (bicyclic) bond motifs is 2. The first-order valence-electron chi connectivity index (χ1n) is 6.86. The van der Waals surface area contributed by atoms with Crippen molar-refractivity contribution in [3.63, 3.8) is 0 Å². The summed E-state index contributed by atoms with van der Waals surface area (Å²) in [6.45, 7) is 0.812. The lowest BCUT2D eigenvalue weighted by molar-refractivity contribution is 0.357. The van der Waals surface area contributed by atoms with Crippen LogP contribution in [0.2, 0.25) is 0 Å². The van der Waals surface area contributed by atoms with Gasteiger partial charge in [0.2, 0.25) is 0 Å². The fourth-order valence-electron chi connectivity index (χ4n) is 3.03. The average Bonchev–Trinajstić information content (AvgIpc) is 3.06. The number of nitrogens with zero attached hydrogens (tertiary/aromatic N) is 1. The van der Waals surface area contributed by atoms with Crippen molar-refractivity contribution in [1.29, 1.82) is 0 Å². The Kier molecular flexibility index (Phi) is 2.44. The Hall–Kier alpha value is -2.03. The number of aryl methyl sites for hydroxylation is 1. The van der Waals surface area contributed by atoms with Crippen LogP contribution in [0.3, 0.4) is 0 Å². The van der Waals surface area contributed by atoms with Gasteiger partial charge in [-0.15, -0.1) is 0 Å². The minimum absolute atomic E-state index is 0.344. The monoisotopic (exact) mass is 252 g/mol. The van der Waals surface area contributed by atoms with Gasteiger partial charge in [0.25, 0.3) is 0 Å². The van der Waals surface area contributed by atoms with Crippen molar-refractivity contribution < 1.29 is 4.74 Å². The molecule has 1 aromatic heterocycles. The zero-order valence-corrected chi connectivity index (χ0v) is 10.7. The molecule has 0 radical (unpaired) electrons. The second-order valence-corrected chi connectivity index (χ2v) is 5.20. The second-order valence-electron chi connectivity index (χ2n) is 5.20. The summed E-state index contributed by atoms with van der Waals surface area (Å²) in [5.41, 5.74) is 5.07. The first kappa shape index (κ1) is 10.9. The minimum atomic E-state index is 0.344. The molecule has 3 nitrogen and oxygen atoms in total. The molecule has 4 rings (SSSR count). The highest BCUT2D eigenvalue weighted by atomic mass is 16.5. The lowest BCUT2D eigenvalue weighted by Gasteiger charge is -2.15. The molecule has 0 spiro atoms. The lowest BCUT2D eigenvalue weighted by atomic mass is 10.1. The van der Waals surface area contributed by atoms with E-state index in [-0.39, 0.29) is 0 Å². The van der Waals surface area contributed by atoms with Gasteiger partial charge in [-0.2, -0.15) is 0 Å². The molecule has 1 aliphatic heterocycles. The molecule has 19 heavy (non-hydrogen) atoms.